The number of nitrogens with two attached hydrogens (primary N) is 1. The van der Waals surface area contributed by atoms with Crippen LogP contribution in [0.1, 0.15) is 19.5 Å². The minimum atomic E-state index is 0.183. The lowest BCUT2D eigenvalue weighted by molar-refractivity contribution is 0.514. The van der Waals surface area contributed by atoms with E-state index in [9.17, 15) is 0 Å². The van der Waals surface area contributed by atoms with E-state index in [0.717, 1.165) is 47.0 Å². The highest BCUT2D eigenvalue weighted by Gasteiger charge is 2.29. The fraction of sp³-hybridized carbons (Fsp3) is 0.333. The summed E-state index contributed by atoms with van der Waals surface area (Å²) in [6.07, 6.45) is 8.55. The molecule has 2 aromatic rings. The van der Waals surface area contributed by atoms with Crippen LogP contribution >= 0.6 is 23.4 Å². The van der Waals surface area contributed by atoms with Gasteiger partial charge in [-0.1, -0.05) is 43.3 Å². The molecule has 3 N–H and O–H groups in total. The topological polar surface area (TPSA) is 70.8 Å². The number of anilines is 1. The largest absolute Gasteiger partial charge is 0.353 e. The summed E-state index contributed by atoms with van der Waals surface area (Å²) in [5, 5.41) is 2.25. The predicted octanol–water partition coefficient (Wildman–Crippen LogP) is 4.06. The van der Waals surface area contributed by atoms with Gasteiger partial charge in [-0.3, -0.25) is 0 Å². The fourth-order valence-corrected chi connectivity index (χ4v) is 3.78. The number of H-pyrrole nitrogens is 1. The molecule has 1 aliphatic heterocycles. The van der Waals surface area contributed by atoms with Gasteiger partial charge in [-0.2, -0.15) is 0 Å². The third kappa shape index (κ3) is 3.61. The van der Waals surface area contributed by atoms with Gasteiger partial charge in [0.05, 0.1) is 10.4 Å². The monoisotopic (exact) mass is 375 g/mol. The fourth-order valence-electron chi connectivity index (χ4n) is 2.71. The van der Waals surface area contributed by atoms with Crippen LogP contribution in [0.5, 0.6) is 0 Å². The Hall–Kier alpha value is -1.76. The minimum absolute atomic E-state index is 0.183. The SMILES string of the molecule is C=C/C(=C\C=C/C)Sc1nc(N2CC(N)C2)c2c(Cl)c(CC)[nH]c2n1. The number of halogens is 1. The zero-order valence-corrected chi connectivity index (χ0v) is 16.0. The molecule has 0 radical (unpaired) electrons. The van der Waals surface area contributed by atoms with Crippen molar-refractivity contribution in [2.24, 2.45) is 5.73 Å². The predicted molar refractivity (Wildman–Crippen MR) is 107 cm³/mol. The van der Waals surface area contributed by atoms with E-state index in [1.165, 1.54) is 11.8 Å². The molecule has 0 atom stereocenters. The Bertz CT molecular complexity index is 849. The van der Waals surface area contributed by atoms with Crippen molar-refractivity contribution < 1.29 is 0 Å². The van der Waals surface area contributed by atoms with Crippen LogP contribution in [-0.4, -0.2) is 34.1 Å². The molecule has 0 unspecified atom stereocenters. The number of nitrogens with zero attached hydrogens (tertiary/aromatic N) is 3. The highest BCUT2D eigenvalue weighted by Crippen LogP contribution is 2.37. The third-order valence-corrected chi connectivity index (χ3v) is 5.37. The molecule has 0 aromatic carbocycles. The van der Waals surface area contributed by atoms with Gasteiger partial charge in [-0.25, -0.2) is 9.97 Å². The third-order valence-electron chi connectivity index (χ3n) is 4.05. The van der Waals surface area contributed by atoms with E-state index < -0.39 is 0 Å². The Morgan fingerprint density at radius 3 is 2.84 bits per heavy atom. The maximum absolute atomic E-state index is 6.57. The first kappa shape index (κ1) is 18.0. The summed E-state index contributed by atoms with van der Waals surface area (Å²) < 4.78 is 0. The Morgan fingerprint density at radius 1 is 1.48 bits per heavy atom. The van der Waals surface area contributed by atoms with E-state index in [2.05, 4.69) is 28.4 Å². The van der Waals surface area contributed by atoms with Crippen LogP contribution in [0.3, 0.4) is 0 Å². The molecule has 1 saturated heterocycles. The van der Waals surface area contributed by atoms with E-state index in [-0.39, 0.29) is 6.04 Å². The standard InChI is InChI=1S/C18H22ClN5S/c1-4-7-8-12(5-2)25-18-22-16-14(15(19)13(6-3)21-16)17(23-18)24-9-11(20)10-24/h4-5,7-8,11H,2,6,9-10,20H2,1,3H3,(H,21,22,23)/b7-4-,12-8+. The number of hydrogen-bond acceptors (Lipinski definition) is 5. The molecule has 7 heteroatoms. The van der Waals surface area contributed by atoms with Crippen molar-refractivity contribution in [2.45, 2.75) is 31.5 Å². The average molecular weight is 376 g/mol. The molecule has 0 amide bonds. The number of allylic oxidation sites excluding steroid dienone is 4. The lowest BCUT2D eigenvalue weighted by atomic mass is 10.1. The van der Waals surface area contributed by atoms with Gasteiger partial charge in [-0.15, -0.1) is 0 Å². The van der Waals surface area contributed by atoms with Crippen LogP contribution in [0.15, 0.2) is 40.9 Å². The van der Waals surface area contributed by atoms with Gasteiger partial charge >= 0.3 is 0 Å². The highest BCUT2D eigenvalue weighted by molar-refractivity contribution is 8.03. The Labute approximate surface area is 157 Å². The Balaban J connectivity index is 2.07. The van der Waals surface area contributed by atoms with Gasteiger partial charge in [0.25, 0.3) is 0 Å². The van der Waals surface area contributed by atoms with Gasteiger partial charge in [-0.05, 0) is 31.2 Å². The van der Waals surface area contributed by atoms with Crippen molar-refractivity contribution in [2.75, 3.05) is 18.0 Å². The zero-order valence-electron chi connectivity index (χ0n) is 14.4. The molecule has 3 rings (SSSR count). The molecular weight excluding hydrogens is 354 g/mol. The summed E-state index contributed by atoms with van der Waals surface area (Å²) in [7, 11) is 0. The normalized spacial score (nSPS) is 16.0. The molecule has 2 aromatic heterocycles. The summed E-state index contributed by atoms with van der Waals surface area (Å²) in [6.45, 7) is 9.46. The highest BCUT2D eigenvalue weighted by atomic mass is 35.5. The first-order valence-corrected chi connectivity index (χ1v) is 9.48. The first-order chi connectivity index (χ1) is 12.1. The molecule has 3 heterocycles. The van der Waals surface area contributed by atoms with Crippen molar-refractivity contribution in [3.8, 4) is 0 Å². The van der Waals surface area contributed by atoms with Crippen molar-refractivity contribution in [3.05, 3.63) is 46.5 Å². The van der Waals surface area contributed by atoms with E-state index in [1.807, 2.05) is 25.2 Å². The quantitative estimate of drug-likeness (QED) is 0.452. The summed E-state index contributed by atoms with van der Waals surface area (Å²) in [5.74, 6) is 0.851. The molecule has 0 bridgehead atoms. The molecule has 1 fully saturated rings. The minimum Gasteiger partial charge on any atom is -0.353 e. The second kappa shape index (κ2) is 7.64. The zero-order chi connectivity index (χ0) is 18.0. The lowest BCUT2D eigenvalue weighted by Crippen LogP contribution is -2.56. The summed E-state index contributed by atoms with van der Waals surface area (Å²) in [6, 6.07) is 0.183. The van der Waals surface area contributed by atoms with Crippen molar-refractivity contribution in [1.29, 1.82) is 0 Å². The van der Waals surface area contributed by atoms with Crippen molar-refractivity contribution >= 4 is 40.2 Å². The van der Waals surface area contributed by atoms with E-state index in [4.69, 9.17) is 22.3 Å². The van der Waals surface area contributed by atoms with Gasteiger partial charge in [0.2, 0.25) is 0 Å². The Kier molecular flexibility index (Phi) is 5.51. The van der Waals surface area contributed by atoms with Gasteiger partial charge in [0, 0.05) is 29.7 Å². The van der Waals surface area contributed by atoms with Gasteiger partial charge in [0.15, 0.2) is 5.16 Å². The van der Waals surface area contributed by atoms with Crippen molar-refractivity contribution in [3.63, 3.8) is 0 Å². The number of hydrogen-bond donors (Lipinski definition) is 2. The molecule has 132 valence electrons. The molecule has 0 aliphatic carbocycles. The first-order valence-electron chi connectivity index (χ1n) is 8.29. The second-order valence-corrected chi connectivity index (χ2v) is 7.31. The average Bonchev–Trinajstić information content (AvgIpc) is 2.91. The molecule has 5 nitrogen and oxygen atoms in total. The van der Waals surface area contributed by atoms with E-state index >= 15 is 0 Å². The van der Waals surface area contributed by atoms with Crippen LogP contribution < -0.4 is 10.6 Å². The second-order valence-electron chi connectivity index (χ2n) is 5.89. The number of aryl methyl sites for hydroxylation is 1. The van der Waals surface area contributed by atoms with E-state index in [0.29, 0.717) is 10.2 Å². The smallest absolute Gasteiger partial charge is 0.196 e. The number of nitrogens with one attached hydrogen (secondary N) is 1. The van der Waals surface area contributed by atoms with Crippen LogP contribution in [0.4, 0.5) is 5.82 Å². The van der Waals surface area contributed by atoms with Crippen LogP contribution in [-0.2, 0) is 6.42 Å². The molecule has 0 spiro atoms. The maximum atomic E-state index is 6.57. The van der Waals surface area contributed by atoms with Crippen LogP contribution in [0.25, 0.3) is 11.0 Å². The van der Waals surface area contributed by atoms with Crippen LogP contribution in [0, 0.1) is 0 Å². The van der Waals surface area contributed by atoms with Crippen molar-refractivity contribution in [1.82, 2.24) is 15.0 Å². The number of fused-ring (bicyclic) bond motifs is 1. The number of thioether (sulfide) groups is 1. The van der Waals surface area contributed by atoms with Gasteiger partial charge in [0.1, 0.15) is 11.5 Å². The number of aromatic nitrogens is 3. The molecular formula is C18H22ClN5S. The summed E-state index contributed by atoms with van der Waals surface area (Å²) >= 11 is 8.05. The molecule has 25 heavy (non-hydrogen) atoms. The van der Waals surface area contributed by atoms with Crippen LogP contribution in [0.2, 0.25) is 5.02 Å². The summed E-state index contributed by atoms with van der Waals surface area (Å²) in [5.41, 5.74) is 7.70. The lowest BCUT2D eigenvalue weighted by Gasteiger charge is -2.38. The van der Waals surface area contributed by atoms with E-state index in [1.54, 1.807) is 6.08 Å². The number of aromatic amines is 1. The molecule has 0 saturated carbocycles. The summed E-state index contributed by atoms with van der Waals surface area (Å²) in [4.78, 5) is 15.9. The number of rotatable bonds is 6. The Morgan fingerprint density at radius 2 is 2.24 bits per heavy atom. The maximum Gasteiger partial charge on any atom is 0.196 e. The van der Waals surface area contributed by atoms with Gasteiger partial charge < -0.3 is 15.6 Å². The molecule has 1 aliphatic rings.